The number of guanidine groups is 1. The molecule has 1 aromatic heterocycles. The van der Waals surface area contributed by atoms with Crippen LogP contribution in [-0.2, 0) is 16.0 Å². The molecule has 1 aromatic carbocycles. The Labute approximate surface area is 200 Å². The van der Waals surface area contributed by atoms with Crippen LogP contribution in [0.25, 0.3) is 0 Å². The van der Waals surface area contributed by atoms with Crippen molar-refractivity contribution < 1.29 is 18.6 Å². The summed E-state index contributed by atoms with van der Waals surface area (Å²) in [7, 11) is 3.47. The van der Waals surface area contributed by atoms with E-state index in [1.807, 2.05) is 6.07 Å². The van der Waals surface area contributed by atoms with E-state index in [0.717, 1.165) is 37.6 Å². The summed E-state index contributed by atoms with van der Waals surface area (Å²) in [4.78, 5) is 11.0. The zero-order chi connectivity index (χ0) is 21.2. The van der Waals surface area contributed by atoms with E-state index in [-0.39, 0.29) is 29.8 Å². The van der Waals surface area contributed by atoms with Gasteiger partial charge in [-0.1, -0.05) is 6.07 Å². The molecule has 3 rings (SSSR count). The molecule has 170 valence electrons. The molecular formula is C22H30FIN4O3. The van der Waals surface area contributed by atoms with Gasteiger partial charge in [0.15, 0.2) is 5.96 Å². The van der Waals surface area contributed by atoms with Crippen molar-refractivity contribution in [1.29, 1.82) is 0 Å². The summed E-state index contributed by atoms with van der Waals surface area (Å²) < 4.78 is 29.3. The molecule has 1 aliphatic heterocycles. The highest BCUT2D eigenvalue weighted by atomic mass is 127. The lowest BCUT2D eigenvalue weighted by Crippen LogP contribution is -2.39. The topological polar surface area (TPSA) is 68.2 Å². The maximum atomic E-state index is 13.0. The van der Waals surface area contributed by atoms with Gasteiger partial charge in [0.2, 0.25) is 5.88 Å². The monoisotopic (exact) mass is 544 g/mol. The van der Waals surface area contributed by atoms with E-state index in [1.54, 1.807) is 38.6 Å². The smallest absolute Gasteiger partial charge is 0.219 e. The number of ether oxygens (including phenoxy) is 3. The standard InChI is InChI=1S/C22H29FN4O3.HI/c1-24-22(27-10-9-18(15-27)16-29-12-11-28-2)26-14-17-3-8-21(25-13-17)30-20-6-4-19(23)5-7-20;/h3-8,13,18H,9-12,14-16H2,1-2H3,(H,24,26);1H. The fourth-order valence-corrected chi connectivity index (χ4v) is 3.27. The first-order valence-electron chi connectivity index (χ1n) is 10.1. The zero-order valence-corrected chi connectivity index (χ0v) is 20.3. The summed E-state index contributed by atoms with van der Waals surface area (Å²) in [6.07, 6.45) is 2.85. The second-order valence-electron chi connectivity index (χ2n) is 7.13. The number of rotatable bonds is 9. The Kier molecular flexibility index (Phi) is 11.0. The maximum absolute atomic E-state index is 13.0. The summed E-state index contributed by atoms with van der Waals surface area (Å²) >= 11 is 0. The SMILES string of the molecule is CN=C(NCc1ccc(Oc2ccc(F)cc2)nc1)N1CCC(COCCOC)C1.I. The molecule has 1 atom stereocenters. The number of pyridine rings is 1. The molecule has 2 aromatic rings. The number of nitrogens with one attached hydrogen (secondary N) is 1. The molecule has 0 saturated carbocycles. The predicted octanol–water partition coefficient (Wildman–Crippen LogP) is 3.69. The minimum absolute atomic E-state index is 0. The lowest BCUT2D eigenvalue weighted by molar-refractivity contribution is 0.0536. The average Bonchev–Trinajstić information content (AvgIpc) is 3.23. The van der Waals surface area contributed by atoms with Crippen LogP contribution in [0.3, 0.4) is 0 Å². The molecule has 1 N–H and O–H groups in total. The molecule has 9 heteroatoms. The van der Waals surface area contributed by atoms with Crippen molar-refractivity contribution in [3.05, 3.63) is 54.0 Å². The maximum Gasteiger partial charge on any atom is 0.219 e. The molecule has 1 fully saturated rings. The first-order chi connectivity index (χ1) is 14.7. The highest BCUT2D eigenvalue weighted by Crippen LogP contribution is 2.20. The van der Waals surface area contributed by atoms with E-state index >= 15 is 0 Å². The van der Waals surface area contributed by atoms with Crippen LogP contribution < -0.4 is 10.1 Å². The summed E-state index contributed by atoms with van der Waals surface area (Å²) in [6, 6.07) is 9.60. The van der Waals surface area contributed by atoms with Gasteiger partial charge in [-0.2, -0.15) is 0 Å². The number of benzene rings is 1. The van der Waals surface area contributed by atoms with Crippen molar-refractivity contribution in [2.24, 2.45) is 10.9 Å². The van der Waals surface area contributed by atoms with Gasteiger partial charge >= 0.3 is 0 Å². The van der Waals surface area contributed by atoms with Crippen molar-refractivity contribution in [2.45, 2.75) is 13.0 Å². The highest BCUT2D eigenvalue weighted by Gasteiger charge is 2.24. The molecule has 1 aliphatic rings. The molecular weight excluding hydrogens is 514 g/mol. The number of hydrogen-bond acceptors (Lipinski definition) is 5. The second kappa shape index (κ2) is 13.4. The minimum Gasteiger partial charge on any atom is -0.439 e. The lowest BCUT2D eigenvalue weighted by atomic mass is 10.1. The minimum atomic E-state index is -0.298. The molecule has 0 spiro atoms. The summed E-state index contributed by atoms with van der Waals surface area (Å²) in [6.45, 7) is 4.50. The van der Waals surface area contributed by atoms with E-state index in [2.05, 4.69) is 20.2 Å². The molecule has 0 amide bonds. The largest absolute Gasteiger partial charge is 0.439 e. The molecule has 7 nitrogen and oxygen atoms in total. The third kappa shape index (κ3) is 8.23. The van der Waals surface area contributed by atoms with Crippen LogP contribution in [-0.4, -0.2) is 62.9 Å². The van der Waals surface area contributed by atoms with Crippen molar-refractivity contribution >= 4 is 29.9 Å². The predicted molar refractivity (Wildman–Crippen MR) is 129 cm³/mol. The van der Waals surface area contributed by atoms with Gasteiger partial charge in [0, 0.05) is 52.0 Å². The fraction of sp³-hybridized carbons (Fsp3) is 0.455. The van der Waals surface area contributed by atoms with Crippen LogP contribution in [0.5, 0.6) is 11.6 Å². The normalized spacial score (nSPS) is 16.2. The van der Waals surface area contributed by atoms with Crippen LogP contribution in [0.1, 0.15) is 12.0 Å². The average molecular weight is 544 g/mol. The van der Waals surface area contributed by atoms with Crippen molar-refractivity contribution in [1.82, 2.24) is 15.2 Å². The van der Waals surface area contributed by atoms with Crippen LogP contribution in [0.2, 0.25) is 0 Å². The van der Waals surface area contributed by atoms with Crippen LogP contribution in [0, 0.1) is 11.7 Å². The molecule has 1 saturated heterocycles. The summed E-state index contributed by atoms with van der Waals surface area (Å²) in [5.74, 6) is 2.09. The van der Waals surface area contributed by atoms with Gasteiger partial charge in [0.05, 0.1) is 19.8 Å². The molecule has 31 heavy (non-hydrogen) atoms. The first kappa shape index (κ1) is 25.3. The van der Waals surface area contributed by atoms with Gasteiger partial charge in [-0.05, 0) is 36.2 Å². The second-order valence-corrected chi connectivity index (χ2v) is 7.13. The van der Waals surface area contributed by atoms with Crippen molar-refractivity contribution in [2.75, 3.05) is 47.1 Å². The first-order valence-corrected chi connectivity index (χ1v) is 10.1. The molecule has 0 aliphatic carbocycles. The highest BCUT2D eigenvalue weighted by molar-refractivity contribution is 14.0. The van der Waals surface area contributed by atoms with Gasteiger partial charge in [-0.25, -0.2) is 9.37 Å². The Balaban J connectivity index is 0.00000341. The number of aromatic nitrogens is 1. The number of likely N-dealkylation sites (tertiary alicyclic amines) is 1. The van der Waals surface area contributed by atoms with E-state index < -0.39 is 0 Å². The Morgan fingerprint density at radius 3 is 2.71 bits per heavy atom. The van der Waals surface area contributed by atoms with Gasteiger partial charge in [0.1, 0.15) is 11.6 Å². The quantitative estimate of drug-likeness (QED) is 0.225. The van der Waals surface area contributed by atoms with E-state index in [1.165, 1.54) is 12.1 Å². The number of methoxy groups -OCH3 is 1. The van der Waals surface area contributed by atoms with Crippen LogP contribution in [0.15, 0.2) is 47.6 Å². The Bertz CT molecular complexity index is 805. The lowest BCUT2D eigenvalue weighted by Gasteiger charge is -2.21. The van der Waals surface area contributed by atoms with Crippen molar-refractivity contribution in [3.63, 3.8) is 0 Å². The molecule has 0 radical (unpaired) electrons. The van der Waals surface area contributed by atoms with Gasteiger partial charge in [-0.3, -0.25) is 4.99 Å². The van der Waals surface area contributed by atoms with E-state index in [4.69, 9.17) is 14.2 Å². The summed E-state index contributed by atoms with van der Waals surface area (Å²) in [5, 5.41) is 3.39. The summed E-state index contributed by atoms with van der Waals surface area (Å²) in [5.41, 5.74) is 1.02. The number of aliphatic imine (C=N–C) groups is 1. The number of hydrogen-bond donors (Lipinski definition) is 1. The van der Waals surface area contributed by atoms with Crippen LogP contribution in [0.4, 0.5) is 4.39 Å². The van der Waals surface area contributed by atoms with E-state index in [9.17, 15) is 4.39 Å². The Hall–Kier alpha value is -1.98. The van der Waals surface area contributed by atoms with Gasteiger partial charge in [0.25, 0.3) is 0 Å². The third-order valence-electron chi connectivity index (χ3n) is 4.87. The van der Waals surface area contributed by atoms with Crippen molar-refractivity contribution in [3.8, 4) is 11.6 Å². The molecule has 0 bridgehead atoms. The van der Waals surface area contributed by atoms with E-state index in [0.29, 0.717) is 37.3 Å². The Morgan fingerprint density at radius 1 is 1.23 bits per heavy atom. The molecule has 2 heterocycles. The molecule has 1 unspecified atom stereocenters. The Morgan fingerprint density at radius 2 is 2.03 bits per heavy atom. The third-order valence-corrected chi connectivity index (χ3v) is 4.87. The van der Waals surface area contributed by atoms with Gasteiger partial charge < -0.3 is 24.4 Å². The number of halogens is 2. The van der Waals surface area contributed by atoms with Gasteiger partial charge in [-0.15, -0.1) is 24.0 Å². The van der Waals surface area contributed by atoms with Crippen LogP contribution >= 0.6 is 24.0 Å². The number of nitrogens with zero attached hydrogens (tertiary/aromatic N) is 3. The zero-order valence-electron chi connectivity index (χ0n) is 17.9. The fourth-order valence-electron chi connectivity index (χ4n) is 3.27.